The molecule has 2 rings (SSSR count). The molecule has 2 aromatic rings. The molecule has 2 amide bonds. The molecule has 26 heavy (non-hydrogen) atoms. The van der Waals surface area contributed by atoms with Crippen molar-refractivity contribution in [2.75, 3.05) is 18.4 Å². The lowest BCUT2D eigenvalue weighted by Gasteiger charge is -2.20. The van der Waals surface area contributed by atoms with E-state index in [1.54, 1.807) is 24.3 Å². The van der Waals surface area contributed by atoms with E-state index in [1.165, 1.54) is 11.0 Å². The van der Waals surface area contributed by atoms with Crippen LogP contribution in [-0.4, -0.2) is 29.8 Å². The molecule has 0 aromatic heterocycles. The monoisotopic (exact) mass is 390 g/mol. The maximum atomic E-state index is 12.4. The van der Waals surface area contributed by atoms with Gasteiger partial charge >= 0.3 is 0 Å². The molecule has 0 bridgehead atoms. The van der Waals surface area contributed by atoms with Crippen LogP contribution in [0.5, 0.6) is 0 Å². The molecule has 0 saturated carbocycles. The quantitative estimate of drug-likeness (QED) is 0.684. The molecular formula is C20H20Cl2N2O2. The zero-order valence-electron chi connectivity index (χ0n) is 14.4. The van der Waals surface area contributed by atoms with Crippen molar-refractivity contribution in [2.24, 2.45) is 0 Å². The fraction of sp³-hybridized carbons (Fsp3) is 0.200. The smallest absolute Gasteiger partial charge is 0.247 e. The summed E-state index contributed by atoms with van der Waals surface area (Å²) in [5.41, 5.74) is 1.39. The van der Waals surface area contributed by atoms with Crippen molar-refractivity contribution in [1.29, 1.82) is 0 Å². The van der Waals surface area contributed by atoms with Crippen molar-refractivity contribution in [3.05, 3.63) is 70.2 Å². The van der Waals surface area contributed by atoms with Crippen molar-refractivity contribution in [2.45, 2.75) is 13.3 Å². The zero-order chi connectivity index (χ0) is 18.9. The highest BCUT2D eigenvalue weighted by Crippen LogP contribution is 2.25. The molecule has 0 heterocycles. The van der Waals surface area contributed by atoms with Crippen LogP contribution in [0.25, 0.3) is 6.08 Å². The van der Waals surface area contributed by atoms with E-state index in [0.717, 1.165) is 12.0 Å². The van der Waals surface area contributed by atoms with Gasteiger partial charge in [0.25, 0.3) is 0 Å². The zero-order valence-corrected chi connectivity index (χ0v) is 15.9. The summed E-state index contributed by atoms with van der Waals surface area (Å²) in [5, 5.41) is 3.55. The fourth-order valence-electron chi connectivity index (χ4n) is 2.33. The summed E-state index contributed by atoms with van der Waals surface area (Å²) >= 11 is 11.9. The van der Waals surface area contributed by atoms with Crippen LogP contribution in [0, 0.1) is 0 Å². The summed E-state index contributed by atoms with van der Waals surface area (Å²) in [6, 6.07) is 14.3. The van der Waals surface area contributed by atoms with E-state index in [4.69, 9.17) is 23.2 Å². The second kappa shape index (κ2) is 10.00. The Kier molecular flexibility index (Phi) is 7.70. The molecule has 136 valence electrons. The second-order valence-corrected chi connectivity index (χ2v) is 6.52. The number of hydrogen-bond acceptors (Lipinski definition) is 2. The van der Waals surface area contributed by atoms with Crippen LogP contribution >= 0.6 is 23.2 Å². The van der Waals surface area contributed by atoms with Gasteiger partial charge in [0.05, 0.1) is 10.7 Å². The largest absolute Gasteiger partial charge is 0.330 e. The molecule has 0 aliphatic heterocycles. The highest BCUT2D eigenvalue weighted by Gasteiger charge is 2.15. The van der Waals surface area contributed by atoms with Gasteiger partial charge in [-0.3, -0.25) is 9.59 Å². The molecule has 0 aliphatic carbocycles. The highest BCUT2D eigenvalue weighted by molar-refractivity contribution is 6.36. The Hall–Kier alpha value is -2.30. The van der Waals surface area contributed by atoms with Gasteiger partial charge in [-0.2, -0.15) is 0 Å². The normalized spacial score (nSPS) is 10.7. The summed E-state index contributed by atoms with van der Waals surface area (Å²) in [7, 11) is 0. The molecule has 6 heteroatoms. The number of benzene rings is 2. The Labute approximate surface area is 163 Å². The van der Waals surface area contributed by atoms with Crippen LogP contribution in [0.4, 0.5) is 5.69 Å². The third-order valence-corrected chi connectivity index (χ3v) is 4.11. The number of amides is 2. The van der Waals surface area contributed by atoms with Gasteiger partial charge in [-0.1, -0.05) is 60.5 Å². The van der Waals surface area contributed by atoms with Crippen LogP contribution in [-0.2, 0) is 9.59 Å². The SMILES string of the molecule is CCCN(CC(=O)Nc1ccc(Cl)cc1Cl)C(=O)C=Cc1ccccc1. The number of hydrogen-bond donors (Lipinski definition) is 1. The summed E-state index contributed by atoms with van der Waals surface area (Å²) < 4.78 is 0. The number of nitrogens with one attached hydrogen (secondary N) is 1. The third-order valence-electron chi connectivity index (χ3n) is 3.56. The van der Waals surface area contributed by atoms with E-state index >= 15 is 0 Å². The molecule has 0 saturated heterocycles. The molecule has 1 N–H and O–H groups in total. The Balaban J connectivity index is 2.00. The molecule has 0 atom stereocenters. The lowest BCUT2D eigenvalue weighted by Crippen LogP contribution is -2.37. The van der Waals surface area contributed by atoms with Gasteiger partial charge in [-0.05, 0) is 36.3 Å². The van der Waals surface area contributed by atoms with Crippen LogP contribution in [0.15, 0.2) is 54.6 Å². The van der Waals surface area contributed by atoms with E-state index < -0.39 is 0 Å². The van der Waals surface area contributed by atoms with Gasteiger partial charge in [0.15, 0.2) is 0 Å². The molecule has 0 fully saturated rings. The van der Waals surface area contributed by atoms with Gasteiger partial charge in [0, 0.05) is 17.6 Å². The standard InChI is InChI=1S/C20H20Cl2N2O2/c1-2-12-24(20(26)11-8-15-6-4-3-5-7-15)14-19(25)23-18-10-9-16(21)13-17(18)22/h3-11,13H,2,12,14H2,1H3,(H,23,25). The minimum Gasteiger partial charge on any atom is -0.330 e. The van der Waals surface area contributed by atoms with Crippen molar-refractivity contribution < 1.29 is 9.59 Å². The summed E-state index contributed by atoms with van der Waals surface area (Å²) in [4.78, 5) is 26.2. The van der Waals surface area contributed by atoms with E-state index in [9.17, 15) is 9.59 Å². The number of nitrogens with zero attached hydrogens (tertiary/aromatic N) is 1. The number of carbonyl (C=O) groups is 2. The van der Waals surface area contributed by atoms with E-state index in [1.807, 2.05) is 37.3 Å². The van der Waals surface area contributed by atoms with Crippen LogP contribution in [0.2, 0.25) is 10.0 Å². The second-order valence-electron chi connectivity index (χ2n) is 5.68. The minimum atomic E-state index is -0.316. The van der Waals surface area contributed by atoms with Crippen molar-refractivity contribution in [1.82, 2.24) is 4.90 Å². The maximum Gasteiger partial charge on any atom is 0.247 e. The van der Waals surface area contributed by atoms with Crippen molar-refractivity contribution in [3.8, 4) is 0 Å². The first-order valence-corrected chi connectivity index (χ1v) is 9.02. The van der Waals surface area contributed by atoms with Crippen LogP contribution in [0.3, 0.4) is 0 Å². The average molecular weight is 391 g/mol. The lowest BCUT2D eigenvalue weighted by molar-refractivity contribution is -0.130. The Morgan fingerprint density at radius 2 is 1.85 bits per heavy atom. The van der Waals surface area contributed by atoms with Gasteiger partial charge < -0.3 is 10.2 Å². The fourth-order valence-corrected chi connectivity index (χ4v) is 2.78. The van der Waals surface area contributed by atoms with E-state index in [-0.39, 0.29) is 18.4 Å². The molecule has 0 unspecified atom stereocenters. The average Bonchev–Trinajstić information content (AvgIpc) is 2.62. The third kappa shape index (κ3) is 6.21. The Bertz CT molecular complexity index is 792. The number of carbonyl (C=O) groups excluding carboxylic acids is 2. The summed E-state index contributed by atoms with van der Waals surface area (Å²) in [5.74, 6) is -0.530. The van der Waals surface area contributed by atoms with E-state index in [2.05, 4.69) is 5.32 Å². The minimum absolute atomic E-state index is 0.0508. The van der Waals surface area contributed by atoms with Crippen molar-refractivity contribution >= 4 is 46.8 Å². The molecule has 0 aliphatic rings. The summed E-state index contributed by atoms with van der Waals surface area (Å²) in [6.45, 7) is 2.39. The Morgan fingerprint density at radius 1 is 1.12 bits per heavy atom. The first kappa shape index (κ1) is 20.0. The molecule has 0 spiro atoms. The molecule has 2 aromatic carbocycles. The van der Waals surface area contributed by atoms with Gasteiger partial charge in [-0.25, -0.2) is 0 Å². The molecule has 4 nitrogen and oxygen atoms in total. The predicted octanol–water partition coefficient (Wildman–Crippen LogP) is 4.88. The first-order chi connectivity index (χ1) is 12.5. The van der Waals surface area contributed by atoms with Crippen molar-refractivity contribution in [3.63, 3.8) is 0 Å². The van der Waals surface area contributed by atoms with Crippen LogP contribution in [0.1, 0.15) is 18.9 Å². The van der Waals surface area contributed by atoms with Crippen LogP contribution < -0.4 is 5.32 Å². The lowest BCUT2D eigenvalue weighted by atomic mass is 10.2. The van der Waals surface area contributed by atoms with Gasteiger partial charge in [-0.15, -0.1) is 0 Å². The van der Waals surface area contributed by atoms with E-state index in [0.29, 0.717) is 22.3 Å². The maximum absolute atomic E-state index is 12.4. The first-order valence-electron chi connectivity index (χ1n) is 8.26. The number of anilines is 1. The number of rotatable bonds is 7. The predicted molar refractivity (Wildman–Crippen MR) is 107 cm³/mol. The Morgan fingerprint density at radius 3 is 2.50 bits per heavy atom. The number of halogens is 2. The van der Waals surface area contributed by atoms with Gasteiger partial charge in [0.2, 0.25) is 11.8 Å². The highest BCUT2D eigenvalue weighted by atomic mass is 35.5. The van der Waals surface area contributed by atoms with Gasteiger partial charge in [0.1, 0.15) is 6.54 Å². The topological polar surface area (TPSA) is 49.4 Å². The summed E-state index contributed by atoms with van der Waals surface area (Å²) in [6.07, 6.45) is 3.96. The molecular weight excluding hydrogens is 371 g/mol. The molecule has 0 radical (unpaired) electrons.